The molecular formula is C11H19N5O10P2. The number of ether oxygens (including phenoxy) is 1. The van der Waals surface area contributed by atoms with E-state index in [-0.39, 0.29) is 30.5 Å². The van der Waals surface area contributed by atoms with Gasteiger partial charge >= 0.3 is 15.6 Å². The molecule has 1 aromatic rings. The van der Waals surface area contributed by atoms with E-state index in [9.17, 15) is 23.9 Å². The topological polar surface area (TPSA) is 221 Å². The number of nitrogen functional groups attached to an aromatic ring is 1. The van der Waals surface area contributed by atoms with Crippen LogP contribution in [0.3, 0.4) is 0 Å². The smallest absolute Gasteiger partial charge is 0.388 e. The van der Waals surface area contributed by atoms with Gasteiger partial charge in [0.05, 0.1) is 19.4 Å². The molecule has 0 bridgehead atoms. The Bertz CT molecular complexity index is 904. The predicted octanol–water partition coefficient (Wildman–Crippen LogP) is -1.73. The van der Waals surface area contributed by atoms with Crippen molar-refractivity contribution in [2.75, 3.05) is 35.9 Å². The Morgan fingerprint density at radius 1 is 1.39 bits per heavy atom. The number of aromatic nitrogens is 2. The maximum atomic E-state index is 12.1. The first-order valence-electron chi connectivity index (χ1n) is 7.81. The van der Waals surface area contributed by atoms with Crippen LogP contribution in [0.4, 0.5) is 17.5 Å². The van der Waals surface area contributed by atoms with E-state index in [0.29, 0.717) is 0 Å². The molecule has 0 radical (unpaired) electrons. The highest BCUT2D eigenvalue weighted by Crippen LogP contribution is 2.57. The summed E-state index contributed by atoms with van der Waals surface area (Å²) in [6.07, 6.45) is -2.95. The molecule has 15 nitrogen and oxygen atoms in total. The summed E-state index contributed by atoms with van der Waals surface area (Å²) in [5.41, 5.74) is 5.35. The molecule has 17 heteroatoms. The standard InChI is InChI=1S/C11H19N5O10P2/c1-15-4-16(8-7(15)9(18)14-11(12)13-8)10-6(17)2-5(25-10)3-24-28(22,23)26-27(19,20)21/h5-6,10,17H,2-4H2,1H3,(H,22,23)(H2,19,20,21)(H3,12,13,14,18)/t5-,6+,10+/m0/s1. The molecule has 28 heavy (non-hydrogen) atoms. The van der Waals surface area contributed by atoms with Crippen LogP contribution in [-0.2, 0) is 22.7 Å². The molecule has 3 heterocycles. The molecule has 158 valence electrons. The SMILES string of the molecule is CN1CN([C@@H]2O[C@H](COP(=O)(O)OP(=O)(O)O)C[C@H]2O)c2nc(N)[nH]c(=O)c21. The maximum absolute atomic E-state index is 12.1. The molecule has 0 spiro atoms. The van der Waals surface area contributed by atoms with Gasteiger partial charge in [0.25, 0.3) is 5.56 Å². The minimum atomic E-state index is -5.24. The van der Waals surface area contributed by atoms with Crippen molar-refractivity contribution in [1.82, 2.24) is 9.97 Å². The number of hydrogen-bond donors (Lipinski definition) is 6. The fourth-order valence-corrected chi connectivity index (χ4v) is 4.66. The number of aromatic amines is 1. The number of fused-ring (bicyclic) bond motifs is 1. The van der Waals surface area contributed by atoms with E-state index < -0.39 is 46.2 Å². The number of anilines is 3. The van der Waals surface area contributed by atoms with Crippen molar-refractivity contribution in [3.8, 4) is 0 Å². The Morgan fingerprint density at radius 3 is 2.71 bits per heavy atom. The molecule has 7 N–H and O–H groups in total. The summed E-state index contributed by atoms with van der Waals surface area (Å²) in [6.45, 7) is -0.424. The lowest BCUT2D eigenvalue weighted by Crippen LogP contribution is -2.43. The van der Waals surface area contributed by atoms with Gasteiger partial charge in [-0.05, 0) is 0 Å². The first-order chi connectivity index (χ1) is 12.9. The van der Waals surface area contributed by atoms with Gasteiger partial charge in [-0.2, -0.15) is 9.29 Å². The second-order valence-electron chi connectivity index (χ2n) is 6.22. The third kappa shape index (κ3) is 4.54. The number of nitrogens with two attached hydrogens (primary N) is 1. The summed E-state index contributed by atoms with van der Waals surface area (Å²) in [5, 5.41) is 10.3. The number of aliphatic hydroxyl groups is 1. The van der Waals surface area contributed by atoms with Crippen molar-refractivity contribution in [3.05, 3.63) is 10.4 Å². The van der Waals surface area contributed by atoms with Gasteiger partial charge in [-0.15, -0.1) is 0 Å². The zero-order valence-electron chi connectivity index (χ0n) is 14.4. The Balaban J connectivity index is 1.70. The third-order valence-corrected chi connectivity index (χ3v) is 6.17. The number of phosphoric ester groups is 1. The average Bonchev–Trinajstić information content (AvgIpc) is 3.03. The number of aliphatic hydroxyl groups excluding tert-OH is 1. The molecule has 1 aromatic heterocycles. The summed E-state index contributed by atoms with van der Waals surface area (Å²) in [6, 6.07) is 0. The van der Waals surface area contributed by atoms with Crippen molar-refractivity contribution in [3.63, 3.8) is 0 Å². The number of phosphoric acid groups is 2. The second-order valence-corrected chi connectivity index (χ2v) is 9.05. The van der Waals surface area contributed by atoms with Gasteiger partial charge in [-0.25, -0.2) is 9.13 Å². The highest BCUT2D eigenvalue weighted by atomic mass is 31.3. The van der Waals surface area contributed by atoms with E-state index in [1.165, 1.54) is 4.90 Å². The van der Waals surface area contributed by atoms with Crippen molar-refractivity contribution >= 4 is 33.1 Å². The molecular weight excluding hydrogens is 424 g/mol. The zero-order chi connectivity index (χ0) is 20.9. The van der Waals surface area contributed by atoms with Gasteiger partial charge in [-0.3, -0.25) is 14.3 Å². The molecule has 0 amide bonds. The molecule has 4 atom stereocenters. The highest BCUT2D eigenvalue weighted by molar-refractivity contribution is 7.60. The molecule has 2 aliphatic rings. The van der Waals surface area contributed by atoms with Crippen LogP contribution in [0.5, 0.6) is 0 Å². The number of nitrogens with zero attached hydrogens (tertiary/aromatic N) is 3. The quantitative estimate of drug-likeness (QED) is 0.269. The van der Waals surface area contributed by atoms with E-state index in [4.69, 9.17) is 20.3 Å². The van der Waals surface area contributed by atoms with Crippen LogP contribution in [-0.4, -0.2) is 68.5 Å². The minimum Gasteiger partial charge on any atom is -0.388 e. The maximum Gasteiger partial charge on any atom is 0.481 e. The van der Waals surface area contributed by atoms with Crippen LogP contribution in [0.1, 0.15) is 6.42 Å². The molecule has 0 aromatic carbocycles. The van der Waals surface area contributed by atoms with Gasteiger partial charge < -0.3 is 40.1 Å². The van der Waals surface area contributed by atoms with Crippen LogP contribution in [0.2, 0.25) is 0 Å². The van der Waals surface area contributed by atoms with Crippen molar-refractivity contribution < 1.29 is 42.5 Å². The van der Waals surface area contributed by atoms with E-state index in [1.807, 2.05) is 0 Å². The monoisotopic (exact) mass is 443 g/mol. The largest absolute Gasteiger partial charge is 0.481 e. The Kier molecular flexibility index (Phi) is 5.57. The molecule has 1 saturated heterocycles. The van der Waals surface area contributed by atoms with Crippen molar-refractivity contribution in [2.45, 2.75) is 24.9 Å². The first kappa shape index (κ1) is 21.2. The average molecular weight is 443 g/mol. The van der Waals surface area contributed by atoms with Crippen molar-refractivity contribution in [2.24, 2.45) is 0 Å². The number of hydrogen-bond acceptors (Lipinski definition) is 11. The summed E-state index contributed by atoms with van der Waals surface area (Å²) in [4.78, 5) is 48.1. The summed E-state index contributed by atoms with van der Waals surface area (Å²) in [5.74, 6) is 0.0826. The van der Waals surface area contributed by atoms with E-state index in [2.05, 4.69) is 18.8 Å². The number of rotatable bonds is 6. The fraction of sp³-hybridized carbons (Fsp3) is 0.636. The lowest BCUT2D eigenvalue weighted by Gasteiger charge is -2.27. The zero-order valence-corrected chi connectivity index (χ0v) is 16.2. The van der Waals surface area contributed by atoms with Crippen LogP contribution in [0.15, 0.2) is 4.79 Å². The number of nitrogens with one attached hydrogen (secondary N) is 1. The lowest BCUT2D eigenvalue weighted by atomic mass is 10.2. The normalized spacial score (nSPS) is 27.1. The second kappa shape index (κ2) is 7.37. The van der Waals surface area contributed by atoms with E-state index >= 15 is 0 Å². The Morgan fingerprint density at radius 2 is 2.07 bits per heavy atom. The third-order valence-electron chi connectivity index (χ3n) is 4.02. The van der Waals surface area contributed by atoms with Crippen LogP contribution >= 0.6 is 15.6 Å². The van der Waals surface area contributed by atoms with Crippen molar-refractivity contribution in [1.29, 1.82) is 0 Å². The Labute approximate surface area is 157 Å². The summed E-state index contributed by atoms with van der Waals surface area (Å²) < 4.78 is 36.0. The van der Waals surface area contributed by atoms with Gasteiger partial charge in [0.2, 0.25) is 5.95 Å². The van der Waals surface area contributed by atoms with Crippen LogP contribution < -0.4 is 21.1 Å². The summed E-state index contributed by atoms with van der Waals surface area (Å²) in [7, 11) is -8.63. The molecule has 2 aliphatic heterocycles. The molecule has 1 fully saturated rings. The highest BCUT2D eigenvalue weighted by Gasteiger charge is 2.44. The Hall–Kier alpha value is -1.54. The van der Waals surface area contributed by atoms with Crippen LogP contribution in [0, 0.1) is 0 Å². The fourth-order valence-electron chi connectivity index (χ4n) is 3.04. The van der Waals surface area contributed by atoms with E-state index in [1.54, 1.807) is 11.9 Å². The molecule has 0 aliphatic carbocycles. The predicted molar refractivity (Wildman–Crippen MR) is 93.2 cm³/mol. The molecule has 1 unspecified atom stereocenters. The van der Waals surface area contributed by atoms with Gasteiger partial charge in [0.15, 0.2) is 12.0 Å². The molecule has 3 rings (SSSR count). The van der Waals surface area contributed by atoms with Crippen LogP contribution in [0.25, 0.3) is 0 Å². The number of H-pyrrole nitrogens is 1. The van der Waals surface area contributed by atoms with E-state index in [0.717, 1.165) is 0 Å². The van der Waals surface area contributed by atoms with Gasteiger partial charge in [0.1, 0.15) is 11.8 Å². The summed E-state index contributed by atoms with van der Waals surface area (Å²) >= 11 is 0. The minimum absolute atomic E-state index is 0.0190. The lowest BCUT2D eigenvalue weighted by molar-refractivity contribution is -0.00996. The van der Waals surface area contributed by atoms with Gasteiger partial charge in [0, 0.05) is 13.5 Å². The first-order valence-corrected chi connectivity index (χ1v) is 10.8. The van der Waals surface area contributed by atoms with Gasteiger partial charge in [-0.1, -0.05) is 0 Å². The molecule has 0 saturated carbocycles.